The number of amides is 3. The minimum atomic E-state index is -1.56. The van der Waals surface area contributed by atoms with E-state index in [9.17, 15) is 19.2 Å². The van der Waals surface area contributed by atoms with E-state index in [2.05, 4.69) is 10.6 Å². The highest BCUT2D eigenvalue weighted by Crippen LogP contribution is 2.02. The maximum atomic E-state index is 11.8. The van der Waals surface area contributed by atoms with E-state index in [4.69, 9.17) is 21.1 Å². The first-order valence-electron chi connectivity index (χ1n) is 7.69. The monoisotopic (exact) mass is 362 g/mol. The molecule has 0 saturated heterocycles. The summed E-state index contributed by atoms with van der Waals surface area (Å²) in [4.78, 5) is 45.9. The van der Waals surface area contributed by atoms with E-state index >= 15 is 0 Å². The fourth-order valence-electron chi connectivity index (χ4n) is 1.81. The third kappa shape index (κ3) is 8.98. The topological polar surface area (TPSA) is 191 Å². The lowest BCUT2D eigenvalue weighted by Crippen LogP contribution is -2.55. The molecule has 0 bridgehead atoms. The number of nitrogens with two attached hydrogens (primary N) is 1. The van der Waals surface area contributed by atoms with Gasteiger partial charge in [-0.2, -0.15) is 0 Å². The second-order valence-corrected chi connectivity index (χ2v) is 5.84. The van der Waals surface area contributed by atoms with Crippen molar-refractivity contribution in [2.45, 2.75) is 38.4 Å². The summed E-state index contributed by atoms with van der Waals surface area (Å²) in [5.41, 5.74) is 5.65. The lowest BCUT2D eigenvalue weighted by Gasteiger charge is -2.19. The van der Waals surface area contributed by atoms with Crippen molar-refractivity contribution in [1.82, 2.24) is 16.0 Å². The standard InChI is InChI=1S/C14H26N4O7/c1-7(2)3-8(15)12(22)16-4-11(21)17-9(5-19)13(23)18-10(6-20)14(24)25/h7-10,19-20H,3-6,15H2,1-2H3,(H,16,22)(H,17,21)(H,18,23)(H,24,25). The number of carboxylic acids is 1. The molecule has 0 aliphatic carbocycles. The van der Waals surface area contributed by atoms with Gasteiger partial charge in [-0.05, 0) is 12.3 Å². The number of rotatable bonds is 11. The van der Waals surface area contributed by atoms with Gasteiger partial charge in [-0.1, -0.05) is 13.8 Å². The van der Waals surface area contributed by atoms with Gasteiger partial charge >= 0.3 is 5.97 Å². The summed E-state index contributed by atoms with van der Waals surface area (Å²) in [6.45, 7) is 1.67. The van der Waals surface area contributed by atoms with Gasteiger partial charge in [0.2, 0.25) is 17.7 Å². The number of carbonyl (C=O) groups is 4. The summed E-state index contributed by atoms with van der Waals surface area (Å²) in [6, 6.07) is -3.76. The van der Waals surface area contributed by atoms with Crippen LogP contribution in [0.3, 0.4) is 0 Å². The van der Waals surface area contributed by atoms with E-state index in [1.807, 2.05) is 19.2 Å². The maximum Gasteiger partial charge on any atom is 0.328 e. The zero-order chi connectivity index (χ0) is 19.6. The van der Waals surface area contributed by atoms with Gasteiger partial charge in [0, 0.05) is 0 Å². The molecule has 0 fully saturated rings. The molecule has 25 heavy (non-hydrogen) atoms. The molecule has 0 aliphatic rings. The zero-order valence-corrected chi connectivity index (χ0v) is 14.2. The van der Waals surface area contributed by atoms with E-state index in [0.29, 0.717) is 6.42 Å². The number of hydrogen-bond acceptors (Lipinski definition) is 7. The summed E-state index contributed by atoms with van der Waals surface area (Å²) in [5, 5.41) is 33.1. The molecular weight excluding hydrogens is 336 g/mol. The Morgan fingerprint density at radius 1 is 0.960 bits per heavy atom. The van der Waals surface area contributed by atoms with Gasteiger partial charge in [-0.3, -0.25) is 14.4 Å². The summed E-state index contributed by atoms with van der Waals surface area (Å²) in [5.74, 6) is -3.55. The summed E-state index contributed by atoms with van der Waals surface area (Å²) >= 11 is 0. The molecule has 11 nitrogen and oxygen atoms in total. The Kier molecular flexibility index (Phi) is 10.3. The van der Waals surface area contributed by atoms with Crippen molar-refractivity contribution < 1.29 is 34.5 Å². The Morgan fingerprint density at radius 3 is 1.96 bits per heavy atom. The van der Waals surface area contributed by atoms with Gasteiger partial charge in [0.05, 0.1) is 25.8 Å². The Bertz CT molecular complexity index is 484. The van der Waals surface area contributed by atoms with Crippen molar-refractivity contribution in [3.8, 4) is 0 Å². The summed E-state index contributed by atoms with van der Waals surface area (Å²) in [6.07, 6.45) is 0.437. The molecule has 0 aliphatic heterocycles. The van der Waals surface area contributed by atoms with Crippen LogP contribution in [-0.2, 0) is 19.2 Å². The van der Waals surface area contributed by atoms with Crippen LogP contribution in [0.15, 0.2) is 0 Å². The smallest absolute Gasteiger partial charge is 0.328 e. The van der Waals surface area contributed by atoms with Crippen molar-refractivity contribution >= 4 is 23.7 Å². The quantitative estimate of drug-likeness (QED) is 0.197. The number of carboxylic acid groups (broad SMARTS) is 1. The highest BCUT2D eigenvalue weighted by Gasteiger charge is 2.26. The van der Waals surface area contributed by atoms with Gasteiger partial charge in [-0.15, -0.1) is 0 Å². The lowest BCUT2D eigenvalue weighted by atomic mass is 10.0. The molecule has 0 aromatic heterocycles. The molecular formula is C14H26N4O7. The van der Waals surface area contributed by atoms with E-state index in [1.54, 1.807) is 0 Å². The van der Waals surface area contributed by atoms with Crippen LogP contribution < -0.4 is 21.7 Å². The Hall–Kier alpha value is -2.24. The van der Waals surface area contributed by atoms with Crippen molar-refractivity contribution in [1.29, 1.82) is 0 Å². The Morgan fingerprint density at radius 2 is 1.52 bits per heavy atom. The Labute approximate surface area is 145 Å². The molecule has 0 saturated carbocycles. The Balaban J connectivity index is 4.47. The van der Waals surface area contributed by atoms with Crippen LogP contribution >= 0.6 is 0 Å². The van der Waals surface area contributed by atoms with Crippen molar-refractivity contribution in [3.05, 3.63) is 0 Å². The molecule has 0 rings (SSSR count). The highest BCUT2D eigenvalue weighted by molar-refractivity contribution is 5.92. The molecule has 0 spiro atoms. The normalized spacial score (nSPS) is 14.3. The largest absolute Gasteiger partial charge is 0.480 e. The molecule has 0 heterocycles. The average molecular weight is 362 g/mol. The summed E-state index contributed by atoms with van der Waals surface area (Å²) < 4.78 is 0. The predicted molar refractivity (Wildman–Crippen MR) is 86.1 cm³/mol. The van der Waals surface area contributed by atoms with Gasteiger partial charge < -0.3 is 37.0 Å². The first-order chi connectivity index (χ1) is 11.6. The fraction of sp³-hybridized carbons (Fsp3) is 0.714. The summed E-state index contributed by atoms with van der Waals surface area (Å²) in [7, 11) is 0. The van der Waals surface area contributed by atoms with Crippen LogP contribution in [0.2, 0.25) is 0 Å². The third-order valence-electron chi connectivity index (χ3n) is 3.12. The van der Waals surface area contributed by atoms with Crippen LogP contribution in [0.1, 0.15) is 20.3 Å². The van der Waals surface area contributed by atoms with Crippen LogP contribution in [0.5, 0.6) is 0 Å². The van der Waals surface area contributed by atoms with E-state index in [1.165, 1.54) is 0 Å². The third-order valence-corrected chi connectivity index (χ3v) is 3.12. The molecule has 3 amide bonds. The first-order valence-corrected chi connectivity index (χ1v) is 7.69. The number of aliphatic hydroxyl groups is 2. The second kappa shape index (κ2) is 11.3. The van der Waals surface area contributed by atoms with E-state index in [0.717, 1.165) is 0 Å². The minimum absolute atomic E-state index is 0.200. The van der Waals surface area contributed by atoms with Crippen molar-refractivity contribution in [3.63, 3.8) is 0 Å². The van der Waals surface area contributed by atoms with Crippen molar-refractivity contribution in [2.75, 3.05) is 19.8 Å². The minimum Gasteiger partial charge on any atom is -0.480 e. The maximum absolute atomic E-state index is 11.8. The van der Waals surface area contributed by atoms with Gasteiger partial charge in [0.15, 0.2) is 0 Å². The molecule has 3 unspecified atom stereocenters. The van der Waals surface area contributed by atoms with Crippen LogP contribution in [0.4, 0.5) is 0 Å². The van der Waals surface area contributed by atoms with Gasteiger partial charge in [0.25, 0.3) is 0 Å². The molecule has 0 aromatic rings. The number of carbonyl (C=O) groups excluding carboxylic acids is 3. The van der Waals surface area contributed by atoms with Crippen LogP contribution in [0, 0.1) is 5.92 Å². The fourth-order valence-corrected chi connectivity index (χ4v) is 1.81. The van der Waals surface area contributed by atoms with Crippen LogP contribution in [-0.4, -0.2) is 76.9 Å². The molecule has 3 atom stereocenters. The zero-order valence-electron chi connectivity index (χ0n) is 14.2. The highest BCUT2D eigenvalue weighted by atomic mass is 16.4. The lowest BCUT2D eigenvalue weighted by molar-refractivity contribution is -0.143. The molecule has 11 heteroatoms. The number of hydrogen-bond donors (Lipinski definition) is 7. The molecule has 8 N–H and O–H groups in total. The first kappa shape index (κ1) is 22.8. The predicted octanol–water partition coefficient (Wildman–Crippen LogP) is -3.49. The molecule has 144 valence electrons. The van der Waals surface area contributed by atoms with E-state index in [-0.39, 0.29) is 5.92 Å². The molecule has 0 radical (unpaired) electrons. The van der Waals surface area contributed by atoms with E-state index < -0.39 is 61.6 Å². The molecule has 0 aromatic carbocycles. The van der Waals surface area contributed by atoms with Gasteiger partial charge in [-0.25, -0.2) is 4.79 Å². The van der Waals surface area contributed by atoms with Gasteiger partial charge in [0.1, 0.15) is 12.1 Å². The number of aliphatic carboxylic acids is 1. The number of nitrogens with one attached hydrogen (secondary N) is 3. The number of aliphatic hydroxyl groups excluding tert-OH is 2. The SMILES string of the molecule is CC(C)CC(N)C(=O)NCC(=O)NC(CO)C(=O)NC(CO)C(=O)O. The second-order valence-electron chi connectivity index (χ2n) is 5.84. The average Bonchev–Trinajstić information content (AvgIpc) is 2.53. The van der Waals surface area contributed by atoms with Crippen molar-refractivity contribution in [2.24, 2.45) is 11.7 Å². The van der Waals surface area contributed by atoms with Crippen LogP contribution in [0.25, 0.3) is 0 Å².